The lowest BCUT2D eigenvalue weighted by Crippen LogP contribution is -2.45. The average Bonchev–Trinajstić information content (AvgIpc) is 2.92. The fourth-order valence-corrected chi connectivity index (χ4v) is 5.28. The van der Waals surface area contributed by atoms with Gasteiger partial charge in [0.05, 0.1) is 11.7 Å². The van der Waals surface area contributed by atoms with Crippen molar-refractivity contribution in [1.82, 2.24) is 0 Å². The second-order valence-corrected chi connectivity index (χ2v) is 8.00. The number of rotatable bonds is 3. The molecule has 0 amide bonds. The molecule has 0 bridgehead atoms. The first-order chi connectivity index (χ1) is 9.27. The normalized spacial score (nSPS) is 28.4. The van der Waals surface area contributed by atoms with E-state index in [9.17, 15) is 5.11 Å². The Bertz CT molecular complexity index is 379. The molecule has 2 atom stereocenters. The molecule has 2 aliphatic rings. The van der Waals surface area contributed by atoms with Gasteiger partial charge in [0.15, 0.2) is 0 Å². The smallest absolute Gasteiger partial charge is 0.0701 e. The quantitative estimate of drug-likeness (QED) is 0.928. The molecular formula is C15H22O2S2. The highest BCUT2D eigenvalue weighted by Gasteiger charge is 2.40. The van der Waals surface area contributed by atoms with Crippen LogP contribution in [0.3, 0.4) is 0 Å². The van der Waals surface area contributed by atoms with E-state index in [4.69, 9.17) is 4.74 Å². The Balaban J connectivity index is 1.61. The molecule has 1 spiro atoms. The Morgan fingerprint density at radius 2 is 2.26 bits per heavy atom. The summed E-state index contributed by atoms with van der Waals surface area (Å²) in [4.78, 5) is 1.30. The monoisotopic (exact) mass is 298 g/mol. The Morgan fingerprint density at radius 3 is 3.00 bits per heavy atom. The predicted molar refractivity (Wildman–Crippen MR) is 82.0 cm³/mol. The van der Waals surface area contributed by atoms with Gasteiger partial charge in [-0.05, 0) is 54.6 Å². The Labute approximate surface area is 123 Å². The summed E-state index contributed by atoms with van der Waals surface area (Å²) >= 11 is 3.78. The second-order valence-electron chi connectivity index (χ2n) is 5.75. The fraction of sp³-hybridized carbons (Fsp3) is 0.733. The molecule has 0 saturated carbocycles. The molecular weight excluding hydrogens is 276 g/mol. The van der Waals surface area contributed by atoms with E-state index in [2.05, 4.69) is 17.5 Å². The third kappa shape index (κ3) is 3.35. The summed E-state index contributed by atoms with van der Waals surface area (Å²) in [6, 6.07) is 4.19. The molecule has 1 aromatic heterocycles. The summed E-state index contributed by atoms with van der Waals surface area (Å²) in [7, 11) is 0. The van der Waals surface area contributed by atoms with E-state index < -0.39 is 0 Å². The van der Waals surface area contributed by atoms with Gasteiger partial charge in [-0.2, -0.15) is 11.8 Å². The summed E-state index contributed by atoms with van der Waals surface area (Å²) in [5.41, 5.74) is 0.0879. The van der Waals surface area contributed by atoms with Crippen LogP contribution in [0.2, 0.25) is 0 Å². The average molecular weight is 298 g/mol. The molecule has 0 aromatic carbocycles. The van der Waals surface area contributed by atoms with Crippen molar-refractivity contribution in [2.45, 2.75) is 43.8 Å². The van der Waals surface area contributed by atoms with Crippen LogP contribution in [0.25, 0.3) is 0 Å². The molecule has 1 aromatic rings. The van der Waals surface area contributed by atoms with Crippen LogP contribution in [0.15, 0.2) is 17.5 Å². The van der Waals surface area contributed by atoms with Crippen molar-refractivity contribution in [2.75, 3.05) is 18.1 Å². The first kappa shape index (κ1) is 13.9. The number of thiophene rings is 1. The first-order valence-corrected chi connectivity index (χ1v) is 9.23. The van der Waals surface area contributed by atoms with Crippen LogP contribution < -0.4 is 0 Å². The van der Waals surface area contributed by atoms with E-state index in [1.165, 1.54) is 29.2 Å². The van der Waals surface area contributed by atoms with E-state index in [0.29, 0.717) is 5.92 Å². The minimum absolute atomic E-state index is 0.0879. The molecule has 0 radical (unpaired) electrons. The maximum atomic E-state index is 10.5. The lowest BCUT2D eigenvalue weighted by Gasteiger charge is -2.44. The van der Waals surface area contributed by atoms with E-state index in [0.717, 1.165) is 25.9 Å². The van der Waals surface area contributed by atoms with Crippen LogP contribution in [0.5, 0.6) is 0 Å². The van der Waals surface area contributed by atoms with Gasteiger partial charge in [-0.15, -0.1) is 11.3 Å². The molecule has 3 rings (SSSR count). The number of thioether (sulfide) groups is 1. The minimum atomic E-state index is -0.200. The highest BCUT2D eigenvalue weighted by atomic mass is 32.2. The predicted octanol–water partition coefficient (Wildman–Crippen LogP) is 3.34. The molecule has 19 heavy (non-hydrogen) atoms. The van der Waals surface area contributed by atoms with Crippen molar-refractivity contribution >= 4 is 23.1 Å². The van der Waals surface area contributed by atoms with Gasteiger partial charge in [-0.1, -0.05) is 6.07 Å². The molecule has 106 valence electrons. The molecule has 3 heterocycles. The number of aliphatic hydroxyl groups is 1. The molecule has 2 aliphatic heterocycles. The third-order valence-electron chi connectivity index (χ3n) is 4.47. The molecule has 2 saturated heterocycles. The third-order valence-corrected chi connectivity index (χ3v) is 6.35. The van der Waals surface area contributed by atoms with Crippen LogP contribution in [0.1, 0.15) is 30.6 Å². The van der Waals surface area contributed by atoms with Crippen molar-refractivity contribution in [2.24, 2.45) is 5.92 Å². The maximum Gasteiger partial charge on any atom is 0.0701 e. The molecule has 2 fully saturated rings. The molecule has 0 aliphatic carbocycles. The summed E-state index contributed by atoms with van der Waals surface area (Å²) < 4.78 is 6.10. The highest BCUT2D eigenvalue weighted by molar-refractivity contribution is 7.99. The van der Waals surface area contributed by atoms with Crippen molar-refractivity contribution < 1.29 is 9.84 Å². The summed E-state index contributed by atoms with van der Waals surface area (Å²) in [5.74, 6) is 2.85. The fourth-order valence-electron chi connectivity index (χ4n) is 3.29. The van der Waals surface area contributed by atoms with Gasteiger partial charge in [0.2, 0.25) is 0 Å². The topological polar surface area (TPSA) is 29.5 Å². The van der Waals surface area contributed by atoms with Crippen LogP contribution in [0, 0.1) is 5.92 Å². The lowest BCUT2D eigenvalue weighted by atomic mass is 9.79. The number of ether oxygens (including phenoxy) is 1. The van der Waals surface area contributed by atoms with Crippen LogP contribution in [-0.2, 0) is 11.2 Å². The lowest BCUT2D eigenvalue weighted by molar-refractivity contribution is -0.120. The van der Waals surface area contributed by atoms with Gasteiger partial charge in [0, 0.05) is 17.9 Å². The zero-order valence-corrected chi connectivity index (χ0v) is 12.8. The van der Waals surface area contributed by atoms with Crippen molar-refractivity contribution in [3.63, 3.8) is 0 Å². The van der Waals surface area contributed by atoms with E-state index >= 15 is 0 Å². The molecule has 1 N–H and O–H groups in total. The Kier molecular flexibility index (Phi) is 4.52. The van der Waals surface area contributed by atoms with Gasteiger partial charge >= 0.3 is 0 Å². The Hall–Kier alpha value is -0.0300. The van der Waals surface area contributed by atoms with Gasteiger partial charge < -0.3 is 9.84 Å². The van der Waals surface area contributed by atoms with Gasteiger partial charge in [0.25, 0.3) is 0 Å². The minimum Gasteiger partial charge on any atom is -0.392 e. The zero-order valence-electron chi connectivity index (χ0n) is 11.2. The number of hydrogen-bond acceptors (Lipinski definition) is 4. The Morgan fingerprint density at radius 1 is 1.42 bits per heavy atom. The summed E-state index contributed by atoms with van der Waals surface area (Å²) in [6.45, 7) is 0.830. The van der Waals surface area contributed by atoms with Gasteiger partial charge in [0.1, 0.15) is 0 Å². The van der Waals surface area contributed by atoms with E-state index in [-0.39, 0.29) is 11.7 Å². The number of aliphatic hydroxyl groups excluding tert-OH is 1. The van der Waals surface area contributed by atoms with Crippen molar-refractivity contribution in [3.05, 3.63) is 22.4 Å². The van der Waals surface area contributed by atoms with Crippen LogP contribution in [0.4, 0.5) is 0 Å². The molecule has 2 unspecified atom stereocenters. The SMILES string of the molecule is OC(Cc1cccs1)C1CCOC2(CCSCC2)C1. The van der Waals surface area contributed by atoms with E-state index in [1.54, 1.807) is 11.3 Å². The van der Waals surface area contributed by atoms with Crippen molar-refractivity contribution in [3.8, 4) is 0 Å². The summed E-state index contributed by atoms with van der Waals surface area (Å²) in [5, 5.41) is 12.6. The van der Waals surface area contributed by atoms with Crippen LogP contribution in [-0.4, -0.2) is 34.9 Å². The van der Waals surface area contributed by atoms with Gasteiger partial charge in [-0.3, -0.25) is 0 Å². The largest absolute Gasteiger partial charge is 0.392 e. The summed E-state index contributed by atoms with van der Waals surface area (Å²) in [6.07, 6.45) is 5.02. The van der Waals surface area contributed by atoms with E-state index in [1.807, 2.05) is 11.8 Å². The second kappa shape index (κ2) is 6.17. The van der Waals surface area contributed by atoms with Crippen molar-refractivity contribution in [1.29, 1.82) is 0 Å². The highest BCUT2D eigenvalue weighted by Crippen LogP contribution is 2.41. The van der Waals surface area contributed by atoms with Gasteiger partial charge in [-0.25, -0.2) is 0 Å². The first-order valence-electron chi connectivity index (χ1n) is 7.20. The van der Waals surface area contributed by atoms with Crippen LogP contribution >= 0.6 is 23.1 Å². The maximum absolute atomic E-state index is 10.5. The zero-order chi connectivity index (χ0) is 13.1. The number of hydrogen-bond donors (Lipinski definition) is 1. The molecule has 2 nitrogen and oxygen atoms in total. The molecule has 4 heteroatoms. The standard InChI is InChI=1S/C15H22O2S2/c16-14(10-13-2-1-7-19-13)12-3-6-17-15(11-12)4-8-18-9-5-15/h1-2,7,12,14,16H,3-6,8-11H2.